The fourth-order valence-electron chi connectivity index (χ4n) is 2.44. The zero-order chi connectivity index (χ0) is 16.9. The maximum absolute atomic E-state index is 12.3. The molecule has 0 spiro atoms. The van der Waals surface area contributed by atoms with E-state index in [1.165, 1.54) is 4.88 Å². The van der Waals surface area contributed by atoms with Crippen molar-refractivity contribution in [2.75, 3.05) is 7.11 Å². The Morgan fingerprint density at radius 1 is 1.33 bits per heavy atom. The van der Waals surface area contributed by atoms with Crippen LogP contribution in [-0.4, -0.2) is 24.2 Å². The van der Waals surface area contributed by atoms with E-state index >= 15 is 0 Å². The van der Waals surface area contributed by atoms with Crippen LogP contribution in [0.4, 0.5) is 0 Å². The fourth-order valence-corrected chi connectivity index (χ4v) is 3.27. The van der Waals surface area contributed by atoms with Crippen LogP contribution in [0, 0.1) is 0 Å². The van der Waals surface area contributed by atoms with Crippen molar-refractivity contribution in [3.05, 3.63) is 58.4 Å². The summed E-state index contributed by atoms with van der Waals surface area (Å²) in [5.41, 5.74) is 1.02. The molecule has 0 radical (unpaired) electrons. The Kier molecular flexibility index (Phi) is 4.96. The van der Waals surface area contributed by atoms with E-state index in [1.807, 2.05) is 42.6 Å². The van der Waals surface area contributed by atoms with E-state index in [0.29, 0.717) is 11.5 Å². The molecule has 0 aliphatic heterocycles. The largest absolute Gasteiger partial charge is 0.496 e. The molecule has 0 bridgehead atoms. The summed E-state index contributed by atoms with van der Waals surface area (Å²) in [6.07, 6.45) is 0.792. The maximum atomic E-state index is 12.3. The summed E-state index contributed by atoms with van der Waals surface area (Å²) in [6.45, 7) is 1.97. The first-order valence-corrected chi connectivity index (χ1v) is 8.48. The van der Waals surface area contributed by atoms with Gasteiger partial charge < -0.3 is 14.6 Å². The van der Waals surface area contributed by atoms with Crippen molar-refractivity contribution >= 4 is 17.2 Å². The zero-order valence-corrected chi connectivity index (χ0v) is 14.3. The molecule has 0 saturated carbocycles. The summed E-state index contributed by atoms with van der Waals surface area (Å²) in [6, 6.07) is 13.2. The van der Waals surface area contributed by atoms with Crippen LogP contribution in [0.2, 0.25) is 0 Å². The first-order valence-electron chi connectivity index (χ1n) is 7.60. The van der Waals surface area contributed by atoms with E-state index in [9.17, 15) is 4.79 Å². The second-order valence-electron chi connectivity index (χ2n) is 5.43. The van der Waals surface area contributed by atoms with Crippen molar-refractivity contribution in [2.45, 2.75) is 19.4 Å². The van der Waals surface area contributed by atoms with E-state index in [0.717, 1.165) is 12.0 Å². The van der Waals surface area contributed by atoms with Gasteiger partial charge in [-0.3, -0.25) is 4.79 Å². The number of carbonyl (C=O) groups is 1. The van der Waals surface area contributed by atoms with Gasteiger partial charge in [-0.1, -0.05) is 23.4 Å². The molecular formula is C18H18N2O3S. The first kappa shape index (κ1) is 16.3. The number of ether oxygens (including phenoxy) is 1. The van der Waals surface area contributed by atoms with Crippen LogP contribution in [0.5, 0.6) is 5.75 Å². The van der Waals surface area contributed by atoms with Gasteiger partial charge in [0, 0.05) is 23.4 Å². The molecule has 0 aliphatic carbocycles. The molecule has 24 heavy (non-hydrogen) atoms. The summed E-state index contributed by atoms with van der Waals surface area (Å²) < 4.78 is 10.6. The minimum absolute atomic E-state index is 0.0163. The van der Waals surface area contributed by atoms with Crippen molar-refractivity contribution in [3.8, 4) is 17.1 Å². The van der Waals surface area contributed by atoms with Crippen molar-refractivity contribution in [1.82, 2.24) is 10.5 Å². The summed E-state index contributed by atoms with van der Waals surface area (Å²) >= 11 is 1.68. The van der Waals surface area contributed by atoms with Gasteiger partial charge >= 0.3 is 0 Å². The predicted octanol–water partition coefficient (Wildman–Crippen LogP) is 3.77. The Morgan fingerprint density at radius 2 is 2.17 bits per heavy atom. The second-order valence-corrected chi connectivity index (χ2v) is 6.47. The van der Waals surface area contributed by atoms with Crippen LogP contribution in [0.3, 0.4) is 0 Å². The van der Waals surface area contributed by atoms with E-state index in [2.05, 4.69) is 16.5 Å². The van der Waals surface area contributed by atoms with Crippen molar-refractivity contribution < 1.29 is 14.1 Å². The third kappa shape index (κ3) is 3.65. The van der Waals surface area contributed by atoms with Crippen LogP contribution in [0.1, 0.15) is 22.3 Å². The molecule has 2 heterocycles. The van der Waals surface area contributed by atoms with E-state index in [1.54, 1.807) is 24.5 Å². The average molecular weight is 342 g/mol. The number of thiophene rings is 1. The highest BCUT2D eigenvalue weighted by Gasteiger charge is 2.17. The monoisotopic (exact) mass is 342 g/mol. The maximum Gasteiger partial charge on any atom is 0.273 e. The molecule has 0 aliphatic rings. The zero-order valence-electron chi connectivity index (χ0n) is 13.5. The van der Waals surface area contributed by atoms with Crippen LogP contribution in [0.25, 0.3) is 11.3 Å². The fraction of sp³-hybridized carbons (Fsp3) is 0.222. The van der Waals surface area contributed by atoms with Gasteiger partial charge in [0.05, 0.1) is 12.7 Å². The number of rotatable bonds is 6. The normalized spacial score (nSPS) is 11.9. The second kappa shape index (κ2) is 7.31. The number of nitrogens with one attached hydrogen (secondary N) is 1. The molecule has 2 aromatic heterocycles. The van der Waals surface area contributed by atoms with Gasteiger partial charge in [0.15, 0.2) is 11.5 Å². The quantitative estimate of drug-likeness (QED) is 0.740. The third-order valence-corrected chi connectivity index (χ3v) is 4.48. The van der Waals surface area contributed by atoms with Crippen molar-refractivity contribution in [1.29, 1.82) is 0 Å². The Bertz CT molecular complexity index is 811. The average Bonchev–Trinajstić information content (AvgIpc) is 3.26. The molecule has 124 valence electrons. The minimum Gasteiger partial charge on any atom is -0.496 e. The van der Waals surface area contributed by atoms with Crippen molar-refractivity contribution in [3.63, 3.8) is 0 Å². The van der Waals surface area contributed by atoms with Crippen LogP contribution in [0.15, 0.2) is 52.4 Å². The number of amides is 1. The van der Waals surface area contributed by atoms with E-state index in [4.69, 9.17) is 9.26 Å². The number of para-hydroxylation sites is 1. The van der Waals surface area contributed by atoms with Gasteiger partial charge in [-0.25, -0.2) is 0 Å². The number of hydrogen-bond acceptors (Lipinski definition) is 5. The molecule has 0 saturated heterocycles. The first-order chi connectivity index (χ1) is 11.7. The summed E-state index contributed by atoms with van der Waals surface area (Å²) in [7, 11) is 1.59. The molecule has 1 N–H and O–H groups in total. The Labute approximate surface area is 144 Å². The van der Waals surface area contributed by atoms with Crippen LogP contribution in [-0.2, 0) is 6.42 Å². The molecule has 3 aromatic rings. The lowest BCUT2D eigenvalue weighted by atomic mass is 10.1. The number of nitrogens with zero attached hydrogens (tertiary/aromatic N) is 1. The number of benzene rings is 1. The van der Waals surface area contributed by atoms with Gasteiger partial charge in [-0.05, 0) is 30.5 Å². The number of aromatic nitrogens is 1. The Morgan fingerprint density at radius 3 is 2.92 bits per heavy atom. The Hall–Kier alpha value is -2.60. The highest BCUT2D eigenvalue weighted by atomic mass is 32.1. The lowest BCUT2D eigenvalue weighted by molar-refractivity contribution is 0.0931. The Balaban J connectivity index is 1.69. The number of hydrogen-bond donors (Lipinski definition) is 1. The number of methoxy groups -OCH3 is 1. The van der Waals surface area contributed by atoms with Gasteiger partial charge in [-0.15, -0.1) is 11.3 Å². The molecule has 5 nitrogen and oxygen atoms in total. The summed E-state index contributed by atoms with van der Waals surface area (Å²) in [5, 5.41) is 8.85. The standard InChI is InChI=1S/C18H18N2O3S/c1-12(10-13-6-5-9-24-13)19-18(21)15-11-17(23-20-15)14-7-3-4-8-16(14)22-2/h3-9,11-12H,10H2,1-2H3,(H,19,21)/t12-/m1/s1. The molecule has 3 rings (SSSR count). The van der Waals surface area contributed by atoms with E-state index in [-0.39, 0.29) is 17.6 Å². The SMILES string of the molecule is COc1ccccc1-c1cc(C(=O)N[C@H](C)Cc2cccs2)no1. The highest BCUT2D eigenvalue weighted by molar-refractivity contribution is 7.09. The topological polar surface area (TPSA) is 64.4 Å². The van der Waals surface area contributed by atoms with Gasteiger partial charge in [0.1, 0.15) is 5.75 Å². The summed E-state index contributed by atoms with van der Waals surface area (Å²) in [5.74, 6) is 0.930. The molecule has 6 heteroatoms. The third-order valence-electron chi connectivity index (χ3n) is 3.58. The lowest BCUT2D eigenvalue weighted by Gasteiger charge is -2.11. The molecule has 1 amide bonds. The molecular weight excluding hydrogens is 324 g/mol. The van der Waals surface area contributed by atoms with Gasteiger partial charge in [-0.2, -0.15) is 0 Å². The smallest absolute Gasteiger partial charge is 0.273 e. The highest BCUT2D eigenvalue weighted by Crippen LogP contribution is 2.29. The van der Waals surface area contributed by atoms with Crippen molar-refractivity contribution in [2.24, 2.45) is 0 Å². The molecule has 1 aromatic carbocycles. The van der Waals surface area contributed by atoms with Gasteiger partial charge in [0.25, 0.3) is 5.91 Å². The van der Waals surface area contributed by atoms with Gasteiger partial charge in [0.2, 0.25) is 0 Å². The minimum atomic E-state index is -0.246. The molecule has 1 atom stereocenters. The molecule has 0 unspecified atom stereocenters. The van der Waals surface area contributed by atoms with E-state index < -0.39 is 0 Å². The summed E-state index contributed by atoms with van der Waals surface area (Å²) in [4.78, 5) is 13.6. The van der Waals surface area contributed by atoms with Crippen LogP contribution >= 0.6 is 11.3 Å². The van der Waals surface area contributed by atoms with Crippen LogP contribution < -0.4 is 10.1 Å². The lowest BCUT2D eigenvalue weighted by Crippen LogP contribution is -2.34. The number of carbonyl (C=O) groups excluding carboxylic acids is 1. The predicted molar refractivity (Wildman–Crippen MR) is 93.4 cm³/mol. The molecule has 0 fully saturated rings.